The number of aliphatic imine (C=N–C) groups is 2. The van der Waals surface area contributed by atoms with Gasteiger partial charge in [-0.05, 0) is 79.9 Å². The zero-order valence-electron chi connectivity index (χ0n) is 26.9. The van der Waals surface area contributed by atoms with E-state index in [0.29, 0.717) is 4.90 Å². The molecule has 50 heavy (non-hydrogen) atoms. The van der Waals surface area contributed by atoms with Crippen molar-refractivity contribution in [1.29, 1.82) is 0 Å². The van der Waals surface area contributed by atoms with Crippen molar-refractivity contribution in [3.8, 4) is 16.9 Å². The van der Waals surface area contributed by atoms with Crippen molar-refractivity contribution < 1.29 is 18.3 Å². The minimum Gasteiger partial charge on any atom is -0.299 e. The van der Waals surface area contributed by atoms with Crippen molar-refractivity contribution in [2.45, 2.75) is 11.8 Å². The van der Waals surface area contributed by atoms with E-state index in [0.717, 1.165) is 33.8 Å². The average molecular weight is 689 g/mol. The first kappa shape index (κ1) is 36.2. The molecule has 0 saturated carbocycles. The van der Waals surface area contributed by atoms with Gasteiger partial charge in [-0.2, -0.15) is 0 Å². The molecule has 1 aromatic heterocycles. The van der Waals surface area contributed by atoms with Gasteiger partial charge in [0.1, 0.15) is 5.88 Å². The molecular weight excluding hydrogens is 657 g/mol. The maximum Gasteiger partial charge on any atom is 0.269 e. The van der Waals surface area contributed by atoms with Crippen molar-refractivity contribution in [3.63, 3.8) is 0 Å². The van der Waals surface area contributed by atoms with E-state index < -0.39 is 19.7 Å². The van der Waals surface area contributed by atoms with Crippen molar-refractivity contribution >= 4 is 39.8 Å². The number of imidazole rings is 1. The van der Waals surface area contributed by atoms with Crippen LogP contribution in [0.3, 0.4) is 0 Å². The van der Waals surface area contributed by atoms with Crippen LogP contribution in [0.1, 0.15) is 11.1 Å². The van der Waals surface area contributed by atoms with E-state index in [2.05, 4.69) is 21.7 Å². The van der Waals surface area contributed by atoms with Crippen molar-refractivity contribution in [1.82, 2.24) is 9.55 Å². The molecule has 6 rings (SSSR count). The summed E-state index contributed by atoms with van der Waals surface area (Å²) in [4.78, 5) is 32.4. The van der Waals surface area contributed by atoms with Gasteiger partial charge in [-0.1, -0.05) is 54.1 Å². The van der Waals surface area contributed by atoms with Crippen LogP contribution in [0.5, 0.6) is 0 Å². The topological polar surface area (TPSA) is 163 Å². The van der Waals surface area contributed by atoms with Crippen LogP contribution in [0.15, 0.2) is 161 Å². The molecule has 0 amide bonds. The number of non-ortho nitro benzene ring substituents is 2. The molecule has 0 aliphatic carbocycles. The SMILES string of the molecule is C=NCS(=O)(=O)c1ccc(C)cc1.O=[N+]([O-])c1ccc(-c2cncn2-c2ccccc2)cc1.O=[N+]([O-])c1ccc(C=Nc2ccccc2)cc1. The first-order chi connectivity index (χ1) is 24.1. The first-order valence-corrected chi connectivity index (χ1v) is 16.6. The second-order valence-electron chi connectivity index (χ2n) is 10.5. The number of para-hydroxylation sites is 2. The Morgan fingerprint density at radius 1 is 0.760 bits per heavy atom. The molecule has 13 heteroatoms. The Bertz CT molecular complexity index is 2150. The van der Waals surface area contributed by atoms with E-state index in [1.54, 1.807) is 67.3 Å². The number of hydrogen-bond acceptors (Lipinski definition) is 9. The van der Waals surface area contributed by atoms with E-state index in [9.17, 15) is 28.6 Å². The molecule has 0 fully saturated rings. The fraction of sp³-hybridized carbons (Fsp3) is 0.0541. The number of nitro benzene ring substituents is 2. The quantitative estimate of drug-likeness (QED) is 0.0839. The highest BCUT2D eigenvalue weighted by molar-refractivity contribution is 7.91. The fourth-order valence-corrected chi connectivity index (χ4v) is 5.28. The number of nitro groups is 2. The van der Waals surface area contributed by atoms with Crippen LogP contribution >= 0.6 is 0 Å². The van der Waals surface area contributed by atoms with Gasteiger partial charge in [0, 0.05) is 41.7 Å². The summed E-state index contributed by atoms with van der Waals surface area (Å²) in [7, 11) is -3.26. The number of aryl methyl sites for hydroxylation is 1. The van der Waals surface area contributed by atoms with E-state index in [1.807, 2.05) is 72.2 Å². The lowest BCUT2D eigenvalue weighted by molar-refractivity contribution is -0.385. The van der Waals surface area contributed by atoms with Gasteiger partial charge >= 0.3 is 0 Å². The van der Waals surface area contributed by atoms with Gasteiger partial charge in [0.2, 0.25) is 0 Å². The lowest BCUT2D eigenvalue weighted by Gasteiger charge is -2.07. The molecule has 1 heterocycles. The number of rotatable bonds is 9. The first-order valence-electron chi connectivity index (χ1n) is 15.0. The Labute approximate surface area is 289 Å². The minimum atomic E-state index is -3.26. The molecule has 0 atom stereocenters. The monoisotopic (exact) mass is 688 g/mol. The smallest absolute Gasteiger partial charge is 0.269 e. The number of sulfone groups is 1. The van der Waals surface area contributed by atoms with Gasteiger partial charge in [0.25, 0.3) is 11.4 Å². The highest BCUT2D eigenvalue weighted by atomic mass is 32.2. The third kappa shape index (κ3) is 10.5. The summed E-state index contributed by atoms with van der Waals surface area (Å²) in [5.74, 6) is -0.254. The maximum atomic E-state index is 11.4. The summed E-state index contributed by atoms with van der Waals surface area (Å²) in [6.07, 6.45) is 5.15. The summed E-state index contributed by atoms with van der Waals surface area (Å²) in [5.41, 5.74) is 5.67. The van der Waals surface area contributed by atoms with Crippen molar-refractivity contribution in [3.05, 3.63) is 177 Å². The molecule has 6 aromatic rings. The van der Waals surface area contributed by atoms with Gasteiger partial charge in [0.15, 0.2) is 9.84 Å². The fourth-order valence-electron chi connectivity index (χ4n) is 4.34. The summed E-state index contributed by atoms with van der Waals surface area (Å²) in [5, 5.41) is 21.1. The van der Waals surface area contributed by atoms with Gasteiger partial charge in [-0.15, -0.1) is 0 Å². The Hall–Kier alpha value is -6.60. The molecule has 252 valence electrons. The third-order valence-corrected chi connectivity index (χ3v) is 8.42. The molecule has 0 radical (unpaired) electrons. The summed E-state index contributed by atoms with van der Waals surface area (Å²) < 4.78 is 24.8. The second-order valence-corrected chi connectivity index (χ2v) is 12.5. The van der Waals surface area contributed by atoms with Gasteiger partial charge in [-0.3, -0.25) is 34.8 Å². The molecule has 12 nitrogen and oxygen atoms in total. The van der Waals surface area contributed by atoms with Crippen molar-refractivity contribution in [2.75, 3.05) is 5.88 Å². The zero-order chi connectivity index (χ0) is 35.9. The largest absolute Gasteiger partial charge is 0.299 e. The second kappa shape index (κ2) is 17.5. The summed E-state index contributed by atoms with van der Waals surface area (Å²) in [6.45, 7) is 5.06. The normalized spacial score (nSPS) is 10.7. The predicted molar refractivity (Wildman–Crippen MR) is 195 cm³/mol. The molecule has 0 unspecified atom stereocenters. The van der Waals surface area contributed by atoms with E-state index in [-0.39, 0.29) is 17.3 Å². The lowest BCUT2D eigenvalue weighted by atomic mass is 10.1. The van der Waals surface area contributed by atoms with Crippen LogP contribution in [0.2, 0.25) is 0 Å². The molecule has 0 N–H and O–H groups in total. The lowest BCUT2D eigenvalue weighted by Crippen LogP contribution is -2.04. The van der Waals surface area contributed by atoms with Crippen LogP contribution in [-0.2, 0) is 9.84 Å². The van der Waals surface area contributed by atoms with E-state index >= 15 is 0 Å². The predicted octanol–water partition coefficient (Wildman–Crippen LogP) is 8.22. The summed E-state index contributed by atoms with van der Waals surface area (Å²) >= 11 is 0. The highest BCUT2D eigenvalue weighted by Crippen LogP contribution is 2.24. The van der Waals surface area contributed by atoms with Crippen LogP contribution in [0.4, 0.5) is 17.1 Å². The van der Waals surface area contributed by atoms with Gasteiger partial charge in [0.05, 0.1) is 38.6 Å². The molecule has 0 bridgehead atoms. The minimum absolute atomic E-state index is 0.0829. The Balaban J connectivity index is 0.000000173. The molecule has 0 aliphatic rings. The molecule has 0 saturated heterocycles. The number of nitrogens with zero attached hydrogens (tertiary/aromatic N) is 6. The summed E-state index contributed by atoms with van der Waals surface area (Å²) in [6, 6.07) is 38.7. The number of aromatic nitrogens is 2. The van der Waals surface area contributed by atoms with Gasteiger partial charge < -0.3 is 0 Å². The van der Waals surface area contributed by atoms with E-state index in [1.165, 1.54) is 24.3 Å². The van der Waals surface area contributed by atoms with Crippen LogP contribution in [0, 0.1) is 27.2 Å². The van der Waals surface area contributed by atoms with Gasteiger partial charge in [-0.25, -0.2) is 13.4 Å². The molecule has 0 aliphatic heterocycles. The zero-order valence-corrected chi connectivity index (χ0v) is 27.7. The van der Waals surface area contributed by atoms with Crippen molar-refractivity contribution in [2.24, 2.45) is 9.98 Å². The highest BCUT2D eigenvalue weighted by Gasteiger charge is 2.12. The average Bonchev–Trinajstić information content (AvgIpc) is 3.63. The number of benzene rings is 5. The van der Waals surface area contributed by atoms with Crippen LogP contribution in [-0.4, -0.2) is 46.6 Å². The Morgan fingerprint density at radius 3 is 1.84 bits per heavy atom. The standard InChI is InChI=1S/C15H11N3O2.C13H10N2O2.C9H11NO2S/c19-18(20)14-8-6-12(7-9-14)15-10-16-11-17(15)13-4-2-1-3-5-13;16-15(17)13-8-6-11(7-9-13)10-14-12-4-2-1-3-5-12;1-8-3-5-9(6-4-8)13(11,12)7-10-2/h1-11H;1-10H;3-6H,2,7H2,1H3. The Morgan fingerprint density at radius 2 is 1.30 bits per heavy atom. The Kier molecular flexibility index (Phi) is 12.7. The number of hydrogen-bond donors (Lipinski definition) is 0. The van der Waals surface area contributed by atoms with Crippen LogP contribution in [0.25, 0.3) is 16.9 Å². The van der Waals surface area contributed by atoms with E-state index in [4.69, 9.17) is 0 Å². The molecular formula is C37H32N6O6S. The molecule has 5 aromatic carbocycles. The van der Waals surface area contributed by atoms with Crippen LogP contribution < -0.4 is 0 Å². The molecule has 0 spiro atoms. The third-order valence-electron chi connectivity index (χ3n) is 6.91. The maximum absolute atomic E-state index is 11.4.